The molecule has 0 saturated carbocycles. The number of aliphatic hydroxyl groups excluding tert-OH is 4. The van der Waals surface area contributed by atoms with Gasteiger partial charge in [-0.1, -0.05) is 0 Å². The number of fused-ring (bicyclic) bond motifs is 8. The first-order chi connectivity index (χ1) is 29.5. The number of nitrogens with one attached hydrogen (secondary N) is 2. The molecule has 0 amide bonds. The molecule has 64 heavy (non-hydrogen) atoms. The number of aliphatic hydroxyl groups is 4. The van der Waals surface area contributed by atoms with Crippen molar-refractivity contribution in [1.82, 2.24) is 19.9 Å². The lowest BCUT2D eigenvalue weighted by Gasteiger charge is -2.06. The lowest BCUT2D eigenvalue weighted by Crippen LogP contribution is -3.00. The highest BCUT2D eigenvalue weighted by molar-refractivity contribution is 5.99. The van der Waals surface area contributed by atoms with Gasteiger partial charge in [-0.05, 0) is 70.8 Å². The van der Waals surface area contributed by atoms with Gasteiger partial charge in [-0.15, -0.1) is 0 Å². The van der Waals surface area contributed by atoms with Gasteiger partial charge in [0.05, 0.1) is 22.8 Å². The molecule has 8 bridgehead atoms. The van der Waals surface area contributed by atoms with E-state index in [0.29, 0.717) is 26.2 Å². The molecule has 330 valence electrons. The van der Waals surface area contributed by atoms with Gasteiger partial charge in [0.1, 0.15) is 26.4 Å². The molecule has 6 N–H and O–H groups in total. The third-order valence-corrected chi connectivity index (χ3v) is 10.9. The van der Waals surface area contributed by atoms with Crippen LogP contribution in [0.1, 0.15) is 22.8 Å². The third-order valence-electron chi connectivity index (χ3n) is 10.9. The fourth-order valence-corrected chi connectivity index (χ4v) is 7.97. The Balaban J connectivity index is 0.00000193. The van der Waals surface area contributed by atoms with Crippen molar-refractivity contribution in [1.29, 1.82) is 0 Å². The number of hydrogen-bond donors (Lipinski definition) is 6. The first kappa shape index (κ1) is 50.0. The zero-order valence-electron chi connectivity index (χ0n) is 34.5. The van der Waals surface area contributed by atoms with Crippen LogP contribution >= 0.6 is 0 Å². The highest BCUT2D eigenvalue weighted by Crippen LogP contribution is 2.38. The van der Waals surface area contributed by atoms with Crippen molar-refractivity contribution in [2.75, 3.05) is 26.4 Å². The summed E-state index contributed by atoms with van der Waals surface area (Å²) in [5, 5.41) is 38.5. The summed E-state index contributed by atoms with van der Waals surface area (Å²) in [5.74, 6) is 0. The minimum absolute atomic E-state index is 0. The molecule has 0 saturated heterocycles. The fourth-order valence-electron chi connectivity index (χ4n) is 7.97. The lowest BCUT2D eigenvalue weighted by molar-refractivity contribution is -0.698. The standard InChI is InChI=1S/C48H45N8O4.4BrH/c57-29-25-53-17-9-33(10-18-53)45-37-1-2-38(49-37)46(34-11-19-54(20-12-34)26-30-58)40-5-6-42(51-40)48(36-15-23-56(24-16-36)28-32-60)44-8-7-43(52-44)47(41-4-3-39(45)50-41)35-13-21-55(22-14-35)27-31-59;;;;/h1-24,57-60H,25-32H2,(H,49,50,51,52);4*1H/q+3;;;;/p-3. The second-order valence-corrected chi connectivity index (χ2v) is 14.7. The average molecular weight is 1120 g/mol. The largest absolute Gasteiger partial charge is 1.00 e. The molecular weight excluding hydrogens is 1070 g/mol. The van der Waals surface area contributed by atoms with Crippen molar-refractivity contribution in [2.45, 2.75) is 26.2 Å². The van der Waals surface area contributed by atoms with E-state index in [9.17, 15) is 20.4 Å². The average Bonchev–Trinajstić information content (AvgIpc) is 4.12. The maximum atomic E-state index is 9.63. The number of aromatic nitrogens is 8. The number of halogens is 4. The zero-order valence-corrected chi connectivity index (χ0v) is 40.8. The number of nitrogens with zero attached hydrogens (tertiary/aromatic N) is 6. The Hall–Kier alpha value is -5.04. The molecule has 2 aliphatic rings. The SMILES string of the molecule is OCC[n+]1ccc(-c2c3nc(c(-c4cc[n+](CCO)cc4)c4ccc([nH]4)c(-c4cc[n+](CCO)cc4)c4nc(c(-c5cc[n+](CCO)cc5)c5ccc2[nH]5)C=C4)C=C3)cc1.[Br-].[Br-].[Br-].[Br-]. The van der Waals surface area contributed by atoms with Crippen LogP contribution in [0.15, 0.2) is 122 Å². The molecule has 0 aliphatic carbocycles. The predicted molar refractivity (Wildman–Crippen MR) is 230 cm³/mol. The summed E-state index contributed by atoms with van der Waals surface area (Å²) in [6, 6.07) is 24.8. The van der Waals surface area contributed by atoms with Gasteiger partial charge in [-0.3, -0.25) is 0 Å². The van der Waals surface area contributed by atoms with Crippen LogP contribution in [-0.4, -0.2) is 66.8 Å². The van der Waals surface area contributed by atoms with Gasteiger partial charge in [-0.2, -0.15) is 0 Å². The molecule has 0 unspecified atom stereocenters. The van der Waals surface area contributed by atoms with Gasteiger partial charge in [0.25, 0.3) is 0 Å². The fraction of sp³-hybridized carbons (Fsp3) is 0.167. The highest BCUT2D eigenvalue weighted by Gasteiger charge is 2.20. The van der Waals surface area contributed by atoms with Gasteiger partial charge in [0.15, 0.2) is 75.8 Å². The number of H-pyrrole nitrogens is 2. The molecule has 0 atom stereocenters. The quantitative estimate of drug-likeness (QED) is 0.0670. The zero-order chi connectivity index (χ0) is 41.0. The van der Waals surface area contributed by atoms with Gasteiger partial charge >= 0.3 is 0 Å². The monoisotopic (exact) mass is 1110 g/mol. The van der Waals surface area contributed by atoms with Gasteiger partial charge in [0.2, 0.25) is 0 Å². The molecule has 0 radical (unpaired) electrons. The van der Waals surface area contributed by atoms with E-state index in [0.717, 1.165) is 89.4 Å². The summed E-state index contributed by atoms with van der Waals surface area (Å²) in [6.07, 6.45) is 24.0. The Morgan fingerprint density at radius 1 is 0.328 bits per heavy atom. The molecule has 0 fully saturated rings. The van der Waals surface area contributed by atoms with Crippen molar-refractivity contribution in [3.05, 3.63) is 145 Å². The Kier molecular flexibility index (Phi) is 17.7. The van der Waals surface area contributed by atoms with Crippen LogP contribution in [0.3, 0.4) is 0 Å². The Morgan fingerprint density at radius 3 is 0.719 bits per heavy atom. The van der Waals surface area contributed by atoms with E-state index in [4.69, 9.17) is 9.97 Å². The number of pyridine rings is 4. The van der Waals surface area contributed by atoms with E-state index in [-0.39, 0.29) is 94.4 Å². The summed E-state index contributed by atoms with van der Waals surface area (Å²) >= 11 is 0. The highest BCUT2D eigenvalue weighted by atomic mass is 79.9. The van der Waals surface area contributed by atoms with Crippen LogP contribution in [0.4, 0.5) is 0 Å². The maximum Gasteiger partial charge on any atom is 0.171 e. The van der Waals surface area contributed by atoms with Crippen LogP contribution in [0.2, 0.25) is 0 Å². The molecule has 0 aromatic carbocycles. The molecule has 0 spiro atoms. The van der Waals surface area contributed by atoms with Crippen molar-refractivity contribution < 1.29 is 107 Å². The van der Waals surface area contributed by atoms with Crippen molar-refractivity contribution in [2.24, 2.45) is 0 Å². The maximum absolute atomic E-state index is 9.63. The summed E-state index contributed by atoms with van der Waals surface area (Å²) in [7, 11) is 0. The van der Waals surface area contributed by atoms with Gasteiger partial charge in [-0.25, -0.2) is 28.2 Å². The predicted octanol–water partition coefficient (Wildman–Crippen LogP) is -7.54. The van der Waals surface area contributed by atoms with Crippen LogP contribution in [-0.2, 0) is 26.2 Å². The lowest BCUT2D eigenvalue weighted by atomic mass is 10.0. The molecule has 16 heteroatoms. The van der Waals surface area contributed by atoms with Crippen LogP contribution in [0.5, 0.6) is 0 Å². The van der Waals surface area contributed by atoms with E-state index in [1.807, 2.05) is 67.8 Å². The topological polar surface area (TPSA) is 154 Å². The summed E-state index contributed by atoms with van der Waals surface area (Å²) in [6.45, 7) is 2.11. The second-order valence-electron chi connectivity index (χ2n) is 14.7. The molecule has 7 aromatic heterocycles. The Labute approximate surface area is 412 Å². The number of hydrogen-bond acceptors (Lipinski definition) is 6. The summed E-state index contributed by atoms with van der Waals surface area (Å²) in [4.78, 5) is 18.3. The van der Waals surface area contributed by atoms with E-state index in [1.165, 1.54) is 0 Å². The van der Waals surface area contributed by atoms with Gasteiger partial charge in [0, 0.05) is 92.9 Å². The Bertz CT molecular complexity index is 2530. The minimum atomic E-state index is 0. The van der Waals surface area contributed by atoms with Crippen molar-refractivity contribution in [3.63, 3.8) is 0 Å². The van der Waals surface area contributed by atoms with Crippen LogP contribution in [0.25, 0.3) is 90.9 Å². The summed E-state index contributed by atoms with van der Waals surface area (Å²) in [5.41, 5.74) is 14.1. The van der Waals surface area contributed by atoms with E-state index < -0.39 is 0 Å². The first-order valence-corrected chi connectivity index (χ1v) is 20.1. The van der Waals surface area contributed by atoms with Gasteiger partial charge < -0.3 is 98.3 Å². The van der Waals surface area contributed by atoms with E-state index >= 15 is 0 Å². The number of rotatable bonds is 12. The molecule has 9 rings (SSSR count). The van der Waals surface area contributed by atoms with Crippen molar-refractivity contribution in [3.8, 4) is 44.5 Å². The molecular formula is C48H46Br4N8O4. The van der Waals surface area contributed by atoms with Crippen LogP contribution < -0.4 is 86.2 Å². The second kappa shape index (κ2) is 22.7. The molecule has 9 heterocycles. The molecule has 7 aromatic rings. The third kappa shape index (κ3) is 10.4. The number of aromatic amines is 2. The van der Waals surface area contributed by atoms with Crippen LogP contribution in [0, 0.1) is 0 Å². The van der Waals surface area contributed by atoms with E-state index in [2.05, 4.69) is 107 Å². The van der Waals surface area contributed by atoms with E-state index in [1.54, 1.807) is 0 Å². The smallest absolute Gasteiger partial charge is 0.171 e. The Morgan fingerprint density at radius 2 is 0.531 bits per heavy atom. The molecule has 12 nitrogen and oxygen atoms in total. The summed E-state index contributed by atoms with van der Waals surface area (Å²) < 4.78 is 7.81. The minimum Gasteiger partial charge on any atom is -1.00 e. The normalized spacial score (nSPS) is 11.3. The molecule has 2 aliphatic heterocycles. The van der Waals surface area contributed by atoms with Crippen molar-refractivity contribution >= 4 is 46.4 Å². The first-order valence-electron chi connectivity index (χ1n) is 20.1.